The van der Waals surface area contributed by atoms with E-state index in [4.69, 9.17) is 32.7 Å². The van der Waals surface area contributed by atoms with Gasteiger partial charge in [0, 0.05) is 19.2 Å². The maximum absolute atomic E-state index is 12.3. The Balaban J connectivity index is 1.46. The molecule has 172 valence electrons. The van der Waals surface area contributed by atoms with Gasteiger partial charge >= 0.3 is 5.97 Å². The van der Waals surface area contributed by atoms with Gasteiger partial charge in [-0.3, -0.25) is 14.4 Å². The Hall–Kier alpha value is -3.29. The molecule has 0 saturated heterocycles. The molecule has 0 unspecified atom stereocenters. The summed E-state index contributed by atoms with van der Waals surface area (Å²) in [4.78, 5) is 37.8. The van der Waals surface area contributed by atoms with Gasteiger partial charge in [-0.25, -0.2) is 0 Å². The smallest absolute Gasteiger partial charge is 0.325 e. The van der Waals surface area contributed by atoms with Crippen LogP contribution in [0.1, 0.15) is 15.9 Å². The topological polar surface area (TPSA) is 84.9 Å². The van der Waals surface area contributed by atoms with Crippen LogP contribution in [0.5, 0.6) is 5.75 Å². The number of fused-ring (bicyclic) bond motifs is 1. The molecule has 3 rings (SSSR count). The molecular weight excluding hydrogens is 467 g/mol. The molecule has 1 N–H and O–H groups in total. The lowest BCUT2D eigenvalue weighted by atomic mass is 10.1. The minimum absolute atomic E-state index is 0.228. The van der Waals surface area contributed by atoms with Gasteiger partial charge in [-0.2, -0.15) is 0 Å². The number of carbonyl (C=O) groups is 3. The van der Waals surface area contributed by atoms with Gasteiger partial charge in [0.05, 0.1) is 17.2 Å². The predicted octanol–water partition coefficient (Wildman–Crippen LogP) is 4.09. The van der Waals surface area contributed by atoms with Crippen LogP contribution in [-0.2, 0) is 20.9 Å². The Bertz CT molecular complexity index is 1200. The average molecular weight is 489 g/mol. The third-order valence-electron chi connectivity index (χ3n) is 4.89. The minimum Gasteiger partial charge on any atom is -0.497 e. The van der Waals surface area contributed by atoms with E-state index >= 15 is 0 Å². The van der Waals surface area contributed by atoms with Crippen molar-refractivity contribution in [3.63, 3.8) is 0 Å². The Morgan fingerprint density at radius 3 is 2.39 bits per heavy atom. The standard InChI is InChI=1S/C24H22Cl2N2O5/c1-28(13-15-3-4-17-10-19(32-2)7-5-16(17)9-15)22(29)14-33-23(30)12-27-24(31)18-6-8-20(25)21(26)11-18/h3-11H,12-14H2,1-2H3,(H,27,31). The normalized spacial score (nSPS) is 10.5. The van der Waals surface area contributed by atoms with Gasteiger partial charge < -0.3 is 19.7 Å². The third kappa shape index (κ3) is 6.60. The average Bonchev–Trinajstić information content (AvgIpc) is 2.82. The van der Waals surface area contributed by atoms with E-state index in [2.05, 4.69) is 5.32 Å². The van der Waals surface area contributed by atoms with Crippen molar-refractivity contribution in [2.75, 3.05) is 27.3 Å². The molecule has 7 nitrogen and oxygen atoms in total. The number of methoxy groups -OCH3 is 1. The number of amides is 2. The first-order chi connectivity index (χ1) is 15.8. The van der Waals surface area contributed by atoms with Gasteiger partial charge in [-0.05, 0) is 52.7 Å². The second-order valence-corrected chi connectivity index (χ2v) is 8.08. The van der Waals surface area contributed by atoms with Gasteiger partial charge in [-0.15, -0.1) is 0 Å². The maximum atomic E-state index is 12.3. The molecule has 0 heterocycles. The summed E-state index contributed by atoms with van der Waals surface area (Å²) in [5, 5.41) is 5.02. The zero-order chi connectivity index (χ0) is 24.0. The molecule has 0 aliphatic carbocycles. The number of benzene rings is 3. The maximum Gasteiger partial charge on any atom is 0.325 e. The molecule has 0 spiro atoms. The number of esters is 1. The van der Waals surface area contributed by atoms with Crippen LogP contribution in [0, 0.1) is 0 Å². The largest absolute Gasteiger partial charge is 0.497 e. The zero-order valence-electron chi connectivity index (χ0n) is 18.1. The summed E-state index contributed by atoms with van der Waals surface area (Å²) in [6.45, 7) is -0.459. The van der Waals surface area contributed by atoms with E-state index in [0.717, 1.165) is 22.1 Å². The lowest BCUT2D eigenvalue weighted by molar-refractivity contribution is -0.150. The Labute approximate surface area is 201 Å². The van der Waals surface area contributed by atoms with Crippen LogP contribution in [0.25, 0.3) is 10.8 Å². The highest BCUT2D eigenvalue weighted by molar-refractivity contribution is 6.42. The van der Waals surface area contributed by atoms with Gasteiger partial charge in [0.15, 0.2) is 6.61 Å². The van der Waals surface area contributed by atoms with Crippen molar-refractivity contribution in [2.45, 2.75) is 6.54 Å². The fourth-order valence-corrected chi connectivity index (χ4v) is 3.35. The van der Waals surface area contributed by atoms with E-state index in [1.54, 1.807) is 14.2 Å². The van der Waals surface area contributed by atoms with Crippen molar-refractivity contribution in [3.8, 4) is 5.75 Å². The molecule has 2 amide bonds. The quantitative estimate of drug-likeness (QED) is 0.482. The first kappa shape index (κ1) is 24.4. The molecule has 0 aromatic heterocycles. The molecule has 0 radical (unpaired) electrons. The van der Waals surface area contributed by atoms with E-state index in [9.17, 15) is 14.4 Å². The third-order valence-corrected chi connectivity index (χ3v) is 5.63. The van der Waals surface area contributed by atoms with Crippen molar-refractivity contribution in [2.24, 2.45) is 0 Å². The van der Waals surface area contributed by atoms with Crippen LogP contribution >= 0.6 is 23.2 Å². The number of halogens is 2. The molecule has 0 aliphatic rings. The molecular formula is C24H22Cl2N2O5. The fraction of sp³-hybridized carbons (Fsp3) is 0.208. The molecule has 0 atom stereocenters. The number of rotatable bonds is 8. The SMILES string of the molecule is COc1ccc2cc(CN(C)C(=O)COC(=O)CNC(=O)c3ccc(Cl)c(Cl)c3)ccc2c1. The van der Waals surface area contributed by atoms with Crippen LogP contribution in [-0.4, -0.2) is 50.0 Å². The highest BCUT2D eigenvalue weighted by Crippen LogP contribution is 2.23. The second kappa shape index (κ2) is 11.0. The van der Waals surface area contributed by atoms with E-state index in [0.29, 0.717) is 11.6 Å². The molecule has 0 fully saturated rings. The second-order valence-electron chi connectivity index (χ2n) is 7.27. The number of nitrogens with zero attached hydrogens (tertiary/aromatic N) is 1. The van der Waals surface area contributed by atoms with Crippen molar-refractivity contribution in [3.05, 3.63) is 75.8 Å². The summed E-state index contributed by atoms with van der Waals surface area (Å²) in [7, 11) is 3.24. The predicted molar refractivity (Wildman–Crippen MR) is 127 cm³/mol. The van der Waals surface area contributed by atoms with Gasteiger partial charge in [0.25, 0.3) is 11.8 Å². The number of hydrogen-bond donors (Lipinski definition) is 1. The number of likely N-dealkylation sites (N-methyl/N-ethyl adjacent to an activating group) is 1. The zero-order valence-corrected chi connectivity index (χ0v) is 19.6. The van der Waals surface area contributed by atoms with Gasteiger partial charge in [0.2, 0.25) is 0 Å². The van der Waals surface area contributed by atoms with Crippen LogP contribution in [0.2, 0.25) is 10.0 Å². The van der Waals surface area contributed by atoms with E-state index in [1.807, 2.05) is 36.4 Å². The minimum atomic E-state index is -0.732. The summed E-state index contributed by atoms with van der Waals surface area (Å²) in [5.41, 5.74) is 1.19. The summed E-state index contributed by atoms with van der Waals surface area (Å²) >= 11 is 11.7. The van der Waals surface area contributed by atoms with Gasteiger partial charge in [-0.1, -0.05) is 41.4 Å². The van der Waals surface area contributed by atoms with Crippen molar-refractivity contribution in [1.82, 2.24) is 10.2 Å². The molecule has 9 heteroatoms. The summed E-state index contributed by atoms with van der Waals surface area (Å²) in [5.74, 6) is -0.834. The highest BCUT2D eigenvalue weighted by atomic mass is 35.5. The molecule has 0 bridgehead atoms. The van der Waals surface area contributed by atoms with Crippen molar-refractivity contribution >= 4 is 51.8 Å². The van der Waals surface area contributed by atoms with E-state index in [1.165, 1.54) is 23.1 Å². The van der Waals surface area contributed by atoms with Crippen molar-refractivity contribution in [1.29, 1.82) is 0 Å². The number of hydrogen-bond acceptors (Lipinski definition) is 5. The van der Waals surface area contributed by atoms with Crippen LogP contribution < -0.4 is 10.1 Å². The number of carbonyl (C=O) groups excluding carboxylic acids is 3. The fourth-order valence-electron chi connectivity index (χ4n) is 3.06. The first-order valence-corrected chi connectivity index (χ1v) is 10.7. The van der Waals surface area contributed by atoms with E-state index in [-0.39, 0.29) is 23.0 Å². The Morgan fingerprint density at radius 2 is 1.67 bits per heavy atom. The molecule has 0 saturated carbocycles. The summed E-state index contributed by atoms with van der Waals surface area (Å²) < 4.78 is 10.2. The Kier molecular flexibility index (Phi) is 8.14. The Morgan fingerprint density at radius 1 is 0.939 bits per heavy atom. The van der Waals surface area contributed by atoms with Crippen molar-refractivity contribution < 1.29 is 23.9 Å². The monoisotopic (exact) mass is 488 g/mol. The summed E-state index contributed by atoms with van der Waals surface area (Å²) in [6, 6.07) is 16.0. The first-order valence-electron chi connectivity index (χ1n) is 9.96. The highest BCUT2D eigenvalue weighted by Gasteiger charge is 2.15. The number of nitrogens with one attached hydrogen (secondary N) is 1. The summed E-state index contributed by atoms with van der Waals surface area (Å²) in [6.07, 6.45) is 0. The molecule has 0 aliphatic heterocycles. The molecule has 33 heavy (non-hydrogen) atoms. The van der Waals surface area contributed by atoms with Crippen LogP contribution in [0.4, 0.5) is 0 Å². The lowest BCUT2D eigenvalue weighted by Gasteiger charge is -2.17. The molecule has 3 aromatic rings. The number of ether oxygens (including phenoxy) is 2. The van der Waals surface area contributed by atoms with Gasteiger partial charge in [0.1, 0.15) is 12.3 Å². The van der Waals surface area contributed by atoms with Crippen LogP contribution in [0.3, 0.4) is 0 Å². The van der Waals surface area contributed by atoms with Crippen LogP contribution in [0.15, 0.2) is 54.6 Å². The molecule has 3 aromatic carbocycles. The lowest BCUT2D eigenvalue weighted by Crippen LogP contribution is -2.34. The van der Waals surface area contributed by atoms with E-state index < -0.39 is 18.5 Å².